The molecule has 0 radical (unpaired) electrons. The maximum Gasteiger partial charge on any atom is 0.0826 e. The van der Waals surface area contributed by atoms with Crippen LogP contribution in [0.1, 0.15) is 12.0 Å². The van der Waals surface area contributed by atoms with Crippen molar-refractivity contribution in [2.24, 2.45) is 5.92 Å². The van der Waals surface area contributed by atoms with E-state index in [-0.39, 0.29) is 19.1 Å². The first kappa shape index (κ1) is 15.4. The van der Waals surface area contributed by atoms with Crippen molar-refractivity contribution in [3.8, 4) is 0 Å². The Balaban J connectivity index is 2.37. The van der Waals surface area contributed by atoms with Crippen LogP contribution in [-0.4, -0.2) is 29.5 Å². The minimum atomic E-state index is -0.671. The van der Waals surface area contributed by atoms with E-state index in [9.17, 15) is 5.11 Å². The number of halogens is 1. The lowest BCUT2D eigenvalue weighted by molar-refractivity contribution is -0.0153. The second kappa shape index (κ2) is 8.43. The standard InChI is InChI=1S/C14H19BrO3/c1-2-5-11(8-16)14(17)10-18-9-12-6-3-4-7-13(12)15/h2-4,6-7,11,14,16-17H,1,5,8-10H2/t11-,14-/m1/s1. The monoisotopic (exact) mass is 314 g/mol. The molecule has 0 heterocycles. The van der Waals surface area contributed by atoms with Gasteiger partial charge in [0.2, 0.25) is 0 Å². The van der Waals surface area contributed by atoms with Crippen molar-refractivity contribution < 1.29 is 14.9 Å². The molecule has 2 atom stereocenters. The van der Waals surface area contributed by atoms with Gasteiger partial charge in [-0.1, -0.05) is 40.2 Å². The lowest BCUT2D eigenvalue weighted by Crippen LogP contribution is -2.28. The molecular weight excluding hydrogens is 296 g/mol. The van der Waals surface area contributed by atoms with Crippen molar-refractivity contribution in [3.05, 3.63) is 47.0 Å². The van der Waals surface area contributed by atoms with Gasteiger partial charge in [-0.25, -0.2) is 0 Å². The van der Waals surface area contributed by atoms with E-state index in [1.54, 1.807) is 6.08 Å². The Morgan fingerprint density at radius 1 is 1.39 bits per heavy atom. The molecule has 0 bridgehead atoms. The molecule has 4 heteroatoms. The first-order valence-corrected chi connectivity index (χ1v) is 6.69. The van der Waals surface area contributed by atoms with Gasteiger partial charge in [-0.05, 0) is 18.1 Å². The smallest absolute Gasteiger partial charge is 0.0826 e. The number of hydrogen-bond donors (Lipinski definition) is 2. The van der Waals surface area contributed by atoms with Gasteiger partial charge in [-0.2, -0.15) is 0 Å². The molecule has 0 aliphatic heterocycles. The number of aliphatic hydroxyl groups is 2. The van der Waals surface area contributed by atoms with E-state index >= 15 is 0 Å². The predicted molar refractivity (Wildman–Crippen MR) is 75.2 cm³/mol. The summed E-state index contributed by atoms with van der Waals surface area (Å²) in [7, 11) is 0. The van der Waals surface area contributed by atoms with Crippen LogP contribution in [0.3, 0.4) is 0 Å². The van der Waals surface area contributed by atoms with Crippen LogP contribution in [0.15, 0.2) is 41.4 Å². The fourth-order valence-electron chi connectivity index (χ4n) is 1.61. The van der Waals surface area contributed by atoms with Crippen molar-refractivity contribution in [1.29, 1.82) is 0 Å². The van der Waals surface area contributed by atoms with Crippen molar-refractivity contribution >= 4 is 15.9 Å². The van der Waals surface area contributed by atoms with Crippen LogP contribution in [0.2, 0.25) is 0 Å². The van der Waals surface area contributed by atoms with Crippen LogP contribution >= 0.6 is 15.9 Å². The zero-order chi connectivity index (χ0) is 13.4. The predicted octanol–water partition coefficient (Wildman–Crippen LogP) is 2.51. The molecule has 0 aliphatic rings. The van der Waals surface area contributed by atoms with Gasteiger partial charge in [-0.15, -0.1) is 6.58 Å². The summed E-state index contributed by atoms with van der Waals surface area (Å²) in [6.07, 6.45) is 1.60. The van der Waals surface area contributed by atoms with Gasteiger partial charge in [0.25, 0.3) is 0 Å². The van der Waals surface area contributed by atoms with Gasteiger partial charge >= 0.3 is 0 Å². The molecule has 0 aliphatic carbocycles. The van der Waals surface area contributed by atoms with Gasteiger partial charge in [0, 0.05) is 17.0 Å². The van der Waals surface area contributed by atoms with E-state index in [0.29, 0.717) is 13.0 Å². The highest BCUT2D eigenvalue weighted by Gasteiger charge is 2.17. The van der Waals surface area contributed by atoms with Crippen LogP contribution in [0.25, 0.3) is 0 Å². The van der Waals surface area contributed by atoms with Gasteiger partial charge in [-0.3, -0.25) is 0 Å². The van der Waals surface area contributed by atoms with Gasteiger partial charge < -0.3 is 14.9 Å². The van der Waals surface area contributed by atoms with Gasteiger partial charge in [0.05, 0.1) is 19.3 Å². The molecular formula is C14H19BrO3. The van der Waals surface area contributed by atoms with Crippen LogP contribution in [0, 0.1) is 5.92 Å². The third-order valence-corrected chi connectivity index (χ3v) is 3.53. The molecule has 18 heavy (non-hydrogen) atoms. The van der Waals surface area contributed by atoms with Crippen molar-refractivity contribution in [3.63, 3.8) is 0 Å². The van der Waals surface area contributed by atoms with E-state index in [2.05, 4.69) is 22.5 Å². The summed E-state index contributed by atoms with van der Waals surface area (Å²) in [5.74, 6) is -0.207. The second-order valence-electron chi connectivity index (χ2n) is 4.14. The topological polar surface area (TPSA) is 49.7 Å². The molecule has 3 nitrogen and oxygen atoms in total. The van der Waals surface area contributed by atoms with Gasteiger partial charge in [0.1, 0.15) is 0 Å². The Morgan fingerprint density at radius 2 is 2.11 bits per heavy atom. The maximum absolute atomic E-state index is 9.84. The fourth-order valence-corrected chi connectivity index (χ4v) is 2.01. The number of benzene rings is 1. The molecule has 0 saturated heterocycles. The Kier molecular flexibility index (Phi) is 7.20. The number of ether oxygens (including phenoxy) is 1. The minimum absolute atomic E-state index is 0.0639. The fraction of sp³-hybridized carbons (Fsp3) is 0.429. The summed E-state index contributed by atoms with van der Waals surface area (Å²) in [6, 6.07) is 7.79. The second-order valence-corrected chi connectivity index (χ2v) is 5.00. The molecule has 1 aromatic rings. The summed E-state index contributed by atoms with van der Waals surface area (Å²) < 4.78 is 6.46. The van der Waals surface area contributed by atoms with Crippen molar-refractivity contribution in [2.75, 3.05) is 13.2 Å². The molecule has 100 valence electrons. The first-order chi connectivity index (χ1) is 8.69. The average Bonchev–Trinajstić information content (AvgIpc) is 2.38. The molecule has 0 spiro atoms. The van der Waals surface area contributed by atoms with Crippen LogP contribution < -0.4 is 0 Å². The van der Waals surface area contributed by atoms with E-state index in [0.717, 1.165) is 10.0 Å². The Labute approximate surface area is 116 Å². The Hall–Kier alpha value is -0.680. The zero-order valence-corrected chi connectivity index (χ0v) is 11.8. The highest BCUT2D eigenvalue weighted by atomic mass is 79.9. The number of rotatable bonds is 8. The molecule has 0 fully saturated rings. The van der Waals surface area contributed by atoms with Gasteiger partial charge in [0.15, 0.2) is 0 Å². The lowest BCUT2D eigenvalue weighted by Gasteiger charge is -2.19. The molecule has 2 N–H and O–H groups in total. The summed E-state index contributed by atoms with van der Waals surface area (Å²) in [4.78, 5) is 0. The largest absolute Gasteiger partial charge is 0.396 e. The summed E-state index contributed by atoms with van der Waals surface area (Å²) in [6.45, 7) is 4.18. The van der Waals surface area contributed by atoms with Crippen molar-refractivity contribution in [2.45, 2.75) is 19.1 Å². The molecule has 1 rings (SSSR count). The SMILES string of the molecule is C=CC[C@H](CO)[C@H](O)COCc1ccccc1Br. The lowest BCUT2D eigenvalue weighted by atomic mass is 10.0. The highest BCUT2D eigenvalue weighted by molar-refractivity contribution is 9.10. The Morgan fingerprint density at radius 3 is 2.72 bits per heavy atom. The van der Waals surface area contributed by atoms with E-state index in [1.807, 2.05) is 24.3 Å². The molecule has 0 amide bonds. The molecule has 1 aromatic carbocycles. The number of aliphatic hydroxyl groups excluding tert-OH is 2. The van der Waals surface area contributed by atoms with E-state index in [1.165, 1.54) is 0 Å². The Bertz CT molecular complexity index is 368. The average molecular weight is 315 g/mol. The third kappa shape index (κ3) is 4.90. The molecule has 0 aromatic heterocycles. The minimum Gasteiger partial charge on any atom is -0.396 e. The maximum atomic E-state index is 9.84. The highest BCUT2D eigenvalue weighted by Crippen LogP contribution is 2.17. The summed E-state index contributed by atoms with van der Waals surface area (Å²) in [5, 5.41) is 19.0. The third-order valence-electron chi connectivity index (χ3n) is 2.75. The number of hydrogen-bond acceptors (Lipinski definition) is 3. The molecule has 0 saturated carbocycles. The zero-order valence-electron chi connectivity index (χ0n) is 10.3. The molecule has 0 unspecified atom stereocenters. The van der Waals surface area contributed by atoms with E-state index in [4.69, 9.17) is 9.84 Å². The summed E-state index contributed by atoms with van der Waals surface area (Å²) >= 11 is 3.44. The summed E-state index contributed by atoms with van der Waals surface area (Å²) in [5.41, 5.74) is 1.04. The van der Waals surface area contributed by atoms with E-state index < -0.39 is 6.10 Å². The van der Waals surface area contributed by atoms with Crippen LogP contribution in [0.4, 0.5) is 0 Å². The normalized spacial score (nSPS) is 14.2. The first-order valence-electron chi connectivity index (χ1n) is 5.90. The van der Waals surface area contributed by atoms with Crippen LogP contribution in [-0.2, 0) is 11.3 Å². The van der Waals surface area contributed by atoms with Crippen molar-refractivity contribution in [1.82, 2.24) is 0 Å². The number of allylic oxidation sites excluding steroid dienone is 1. The van der Waals surface area contributed by atoms with Crippen LogP contribution in [0.5, 0.6) is 0 Å². The quantitative estimate of drug-likeness (QED) is 0.725.